The van der Waals surface area contributed by atoms with Crippen molar-refractivity contribution in [2.45, 2.75) is 32.2 Å². The molecule has 2 atom stereocenters. The topological polar surface area (TPSA) is 105 Å². The van der Waals surface area contributed by atoms with Crippen LogP contribution in [0.4, 0.5) is 4.79 Å². The highest BCUT2D eigenvalue weighted by atomic mass is 32.1. The van der Waals surface area contributed by atoms with Gasteiger partial charge in [0.2, 0.25) is 5.91 Å². The van der Waals surface area contributed by atoms with Crippen LogP contribution in [0.5, 0.6) is 0 Å². The van der Waals surface area contributed by atoms with Gasteiger partial charge in [-0.25, -0.2) is 4.79 Å². The Morgan fingerprint density at radius 1 is 1.03 bits per heavy atom. The van der Waals surface area contributed by atoms with Gasteiger partial charge in [0, 0.05) is 17.3 Å². The van der Waals surface area contributed by atoms with Crippen molar-refractivity contribution in [1.29, 1.82) is 0 Å². The zero-order valence-electron chi connectivity index (χ0n) is 19.6. The molecule has 0 radical (unpaired) electrons. The lowest BCUT2D eigenvalue weighted by Crippen LogP contribution is -2.46. The summed E-state index contributed by atoms with van der Waals surface area (Å²) in [7, 11) is 0. The number of thiophene rings is 1. The molecule has 0 saturated heterocycles. The second kappa shape index (κ2) is 10.3. The quantitative estimate of drug-likeness (QED) is 0.392. The van der Waals surface area contributed by atoms with Crippen molar-refractivity contribution in [2.75, 3.05) is 13.2 Å². The molecule has 3 aromatic rings. The molecule has 7 nitrogen and oxygen atoms in total. The van der Waals surface area contributed by atoms with Crippen LogP contribution >= 0.6 is 11.3 Å². The van der Waals surface area contributed by atoms with Gasteiger partial charge in [0.1, 0.15) is 12.6 Å². The Balaban J connectivity index is 1.44. The average molecular weight is 493 g/mol. The Labute approximate surface area is 208 Å². The van der Waals surface area contributed by atoms with Crippen LogP contribution in [0.3, 0.4) is 0 Å². The molecule has 3 N–H and O–H groups in total. The van der Waals surface area contributed by atoms with Gasteiger partial charge in [-0.15, -0.1) is 11.3 Å². The van der Waals surface area contributed by atoms with Gasteiger partial charge < -0.3 is 20.5 Å². The zero-order valence-corrected chi connectivity index (χ0v) is 20.4. The van der Waals surface area contributed by atoms with Gasteiger partial charge in [0.25, 0.3) is 0 Å². The molecule has 2 aromatic carbocycles. The minimum Gasteiger partial charge on any atom is -0.481 e. The van der Waals surface area contributed by atoms with Gasteiger partial charge in [-0.1, -0.05) is 61.5 Å². The number of aliphatic carboxylic acids is 1. The lowest BCUT2D eigenvalue weighted by Gasteiger charge is -2.25. The van der Waals surface area contributed by atoms with E-state index in [1.807, 2.05) is 41.8 Å². The van der Waals surface area contributed by atoms with Gasteiger partial charge in [-0.3, -0.25) is 9.59 Å². The second-order valence-corrected chi connectivity index (χ2v) is 9.83. The van der Waals surface area contributed by atoms with Crippen LogP contribution in [-0.2, 0) is 14.3 Å². The number of rotatable bonds is 9. The number of carbonyl (C=O) groups is 3. The first-order valence-corrected chi connectivity index (χ1v) is 12.4. The van der Waals surface area contributed by atoms with Crippen LogP contribution in [0.15, 0.2) is 66.0 Å². The number of alkyl carbamates (subject to hydrolysis) is 1. The molecule has 4 rings (SSSR count). The summed E-state index contributed by atoms with van der Waals surface area (Å²) in [5.74, 6) is -1.57. The Hall–Kier alpha value is -3.65. The molecular formula is C27H28N2O5S. The van der Waals surface area contributed by atoms with E-state index in [0.29, 0.717) is 11.3 Å². The number of hydrogen-bond donors (Lipinski definition) is 3. The molecule has 2 amide bonds. The van der Waals surface area contributed by atoms with Gasteiger partial charge in [-0.05, 0) is 47.0 Å². The van der Waals surface area contributed by atoms with E-state index in [2.05, 4.69) is 22.8 Å². The first kappa shape index (κ1) is 24.5. The average Bonchev–Trinajstić information content (AvgIpc) is 3.51. The number of hydrogen-bond acceptors (Lipinski definition) is 5. The van der Waals surface area contributed by atoms with Crippen LogP contribution < -0.4 is 10.6 Å². The largest absolute Gasteiger partial charge is 0.481 e. The Morgan fingerprint density at radius 2 is 1.66 bits per heavy atom. The number of carbonyl (C=O) groups excluding carboxylic acids is 2. The number of fused-ring (bicyclic) bond motifs is 3. The Bertz CT molecular complexity index is 1180. The maximum absolute atomic E-state index is 13.0. The summed E-state index contributed by atoms with van der Waals surface area (Å²) >= 11 is 1.32. The van der Waals surface area contributed by atoms with Crippen molar-refractivity contribution in [3.8, 4) is 11.1 Å². The molecule has 0 fully saturated rings. The number of carboxylic acids is 1. The van der Waals surface area contributed by atoms with Crippen molar-refractivity contribution < 1.29 is 24.2 Å². The third-order valence-corrected chi connectivity index (χ3v) is 7.58. The molecule has 0 aliphatic heterocycles. The van der Waals surface area contributed by atoms with Crippen LogP contribution in [0.1, 0.15) is 48.2 Å². The number of nitrogens with one attached hydrogen (secondary N) is 2. The van der Waals surface area contributed by atoms with Crippen LogP contribution in [0.25, 0.3) is 11.1 Å². The number of ether oxygens (including phenoxy) is 1. The van der Waals surface area contributed by atoms with E-state index in [9.17, 15) is 19.5 Å². The minimum atomic E-state index is -1.10. The SMILES string of the molecule is CCC(C)(CNC(=O)C(NC(=O)OCC1c2ccccc2-c2ccccc21)c1cccs1)C(=O)O. The van der Waals surface area contributed by atoms with Gasteiger partial charge in [0.05, 0.1) is 5.41 Å². The summed E-state index contributed by atoms with van der Waals surface area (Å²) in [6, 6.07) is 18.7. The minimum absolute atomic E-state index is 0.0497. The van der Waals surface area contributed by atoms with Crippen molar-refractivity contribution in [3.05, 3.63) is 82.0 Å². The first-order chi connectivity index (χ1) is 16.8. The van der Waals surface area contributed by atoms with E-state index in [-0.39, 0.29) is 19.1 Å². The molecule has 1 aliphatic carbocycles. The molecule has 1 aliphatic rings. The summed E-state index contributed by atoms with van der Waals surface area (Å²) in [4.78, 5) is 38.0. The van der Waals surface area contributed by atoms with Gasteiger partial charge >= 0.3 is 12.1 Å². The predicted octanol–water partition coefficient (Wildman–Crippen LogP) is 4.95. The molecule has 1 heterocycles. The van der Waals surface area contributed by atoms with E-state index < -0.39 is 29.4 Å². The van der Waals surface area contributed by atoms with Crippen molar-refractivity contribution in [2.24, 2.45) is 5.41 Å². The summed E-state index contributed by atoms with van der Waals surface area (Å²) in [5, 5.41) is 16.6. The number of benzene rings is 2. The second-order valence-electron chi connectivity index (χ2n) is 8.86. The van der Waals surface area contributed by atoms with Crippen LogP contribution in [-0.4, -0.2) is 36.2 Å². The van der Waals surface area contributed by atoms with E-state index in [4.69, 9.17) is 4.74 Å². The molecule has 2 unspecified atom stereocenters. The van der Waals surface area contributed by atoms with Crippen LogP contribution in [0, 0.1) is 5.41 Å². The van der Waals surface area contributed by atoms with E-state index in [1.165, 1.54) is 11.3 Å². The molecule has 0 saturated carbocycles. The molecule has 182 valence electrons. The first-order valence-electron chi connectivity index (χ1n) is 11.5. The Kier molecular flexibility index (Phi) is 7.21. The lowest BCUT2D eigenvalue weighted by molar-refractivity contribution is -0.148. The van der Waals surface area contributed by atoms with Crippen molar-refractivity contribution >= 4 is 29.3 Å². The predicted molar refractivity (Wildman–Crippen MR) is 134 cm³/mol. The maximum Gasteiger partial charge on any atom is 0.408 e. The molecule has 0 spiro atoms. The fourth-order valence-electron chi connectivity index (χ4n) is 4.22. The highest BCUT2D eigenvalue weighted by molar-refractivity contribution is 7.10. The number of amides is 2. The van der Waals surface area contributed by atoms with E-state index in [0.717, 1.165) is 22.3 Å². The third-order valence-electron chi connectivity index (χ3n) is 6.65. The van der Waals surface area contributed by atoms with Crippen molar-refractivity contribution in [1.82, 2.24) is 10.6 Å². The maximum atomic E-state index is 13.0. The van der Waals surface area contributed by atoms with E-state index >= 15 is 0 Å². The summed E-state index contributed by atoms with van der Waals surface area (Å²) in [5.41, 5.74) is 3.36. The van der Waals surface area contributed by atoms with Gasteiger partial charge in [0.15, 0.2) is 0 Å². The molecule has 0 bridgehead atoms. The number of carboxylic acid groups (broad SMARTS) is 1. The Morgan fingerprint density at radius 3 is 2.20 bits per heavy atom. The van der Waals surface area contributed by atoms with Gasteiger partial charge in [-0.2, -0.15) is 0 Å². The standard InChI is InChI=1S/C27H28N2O5S/c1-3-27(2,25(31)32)16-28-24(30)23(22-13-8-14-35-22)29-26(33)34-15-21-19-11-6-4-9-17(19)18-10-5-7-12-20(18)21/h4-14,21,23H,3,15-16H2,1-2H3,(H,28,30)(H,29,33)(H,31,32). The third kappa shape index (κ3) is 5.07. The highest BCUT2D eigenvalue weighted by Gasteiger charge is 2.34. The lowest BCUT2D eigenvalue weighted by atomic mass is 9.87. The van der Waals surface area contributed by atoms with Crippen LogP contribution in [0.2, 0.25) is 0 Å². The molecule has 1 aromatic heterocycles. The molecule has 35 heavy (non-hydrogen) atoms. The highest BCUT2D eigenvalue weighted by Crippen LogP contribution is 2.44. The molecular weight excluding hydrogens is 464 g/mol. The monoisotopic (exact) mass is 492 g/mol. The summed E-state index contributed by atoms with van der Waals surface area (Å²) in [6.07, 6.45) is -0.358. The van der Waals surface area contributed by atoms with Crippen molar-refractivity contribution in [3.63, 3.8) is 0 Å². The molecule has 8 heteroatoms. The fourth-order valence-corrected chi connectivity index (χ4v) is 4.99. The summed E-state index contributed by atoms with van der Waals surface area (Å²) < 4.78 is 5.60. The zero-order chi connectivity index (χ0) is 25.0. The van der Waals surface area contributed by atoms with E-state index in [1.54, 1.807) is 26.0 Å². The smallest absolute Gasteiger partial charge is 0.408 e. The summed E-state index contributed by atoms with van der Waals surface area (Å²) in [6.45, 7) is 3.41. The fraction of sp³-hybridized carbons (Fsp3) is 0.296. The normalized spacial score (nSPS) is 14.8.